The van der Waals surface area contributed by atoms with Crippen LogP contribution in [-0.4, -0.2) is 50.0 Å². The Morgan fingerprint density at radius 1 is 1.13 bits per heavy atom. The Morgan fingerprint density at radius 2 is 1.87 bits per heavy atom. The molecule has 1 aromatic carbocycles. The molecule has 0 spiro atoms. The summed E-state index contributed by atoms with van der Waals surface area (Å²) >= 11 is 0. The number of carbonyl (C=O) groups excluding carboxylic acids is 1. The van der Waals surface area contributed by atoms with Gasteiger partial charge in [0.2, 0.25) is 15.9 Å². The second-order valence-electron chi connectivity index (χ2n) is 8.06. The topological polar surface area (TPSA) is 95.8 Å². The number of carbonyl (C=O) groups is 1. The molecule has 2 aliphatic rings. The lowest BCUT2D eigenvalue weighted by Crippen LogP contribution is -2.44. The van der Waals surface area contributed by atoms with Gasteiger partial charge >= 0.3 is 0 Å². The van der Waals surface area contributed by atoms with Gasteiger partial charge in [-0.25, -0.2) is 8.42 Å². The van der Waals surface area contributed by atoms with Gasteiger partial charge in [-0.15, -0.1) is 0 Å². The van der Waals surface area contributed by atoms with Gasteiger partial charge in [-0.05, 0) is 51.7 Å². The zero-order chi connectivity index (χ0) is 21.3. The monoisotopic (exact) mass is 432 g/mol. The maximum atomic E-state index is 13.1. The van der Waals surface area contributed by atoms with E-state index in [0.29, 0.717) is 25.1 Å². The third-order valence-corrected chi connectivity index (χ3v) is 8.04. The van der Waals surface area contributed by atoms with Gasteiger partial charge in [0.25, 0.3) is 0 Å². The summed E-state index contributed by atoms with van der Waals surface area (Å²) in [7, 11) is -3.75. The van der Waals surface area contributed by atoms with E-state index in [1.54, 1.807) is 13.8 Å². The van der Waals surface area contributed by atoms with Crippen molar-refractivity contribution in [2.45, 2.75) is 44.4 Å². The standard InChI is InChI=1S/C21H28N4O4S/c1-15-20(16(2)29-23-15)30(27,28)25-13-7-8-17(14-25)21(26)22-18-9-3-4-10-19(18)24-11-5-6-12-24/h3-4,9-10,17H,5-8,11-14H2,1-2H3,(H,22,26)/t17-/m1/s1. The van der Waals surface area contributed by atoms with Crippen LogP contribution in [0.3, 0.4) is 0 Å². The van der Waals surface area contributed by atoms with Gasteiger partial charge in [-0.1, -0.05) is 17.3 Å². The SMILES string of the molecule is Cc1noc(C)c1S(=O)(=O)N1CCC[C@@H](C(=O)Nc2ccccc2N2CCCC2)C1. The minimum Gasteiger partial charge on any atom is -0.370 e. The summed E-state index contributed by atoms with van der Waals surface area (Å²) < 4.78 is 32.7. The van der Waals surface area contributed by atoms with E-state index in [1.807, 2.05) is 24.3 Å². The molecule has 1 N–H and O–H groups in total. The van der Waals surface area contributed by atoms with Crippen molar-refractivity contribution in [2.24, 2.45) is 5.92 Å². The molecule has 0 saturated carbocycles. The summed E-state index contributed by atoms with van der Waals surface area (Å²) in [5.74, 6) is -0.264. The molecule has 30 heavy (non-hydrogen) atoms. The second-order valence-corrected chi connectivity index (χ2v) is 9.93. The Morgan fingerprint density at radius 3 is 2.57 bits per heavy atom. The fraction of sp³-hybridized carbons (Fsp3) is 0.524. The van der Waals surface area contributed by atoms with E-state index >= 15 is 0 Å². The third-order valence-electron chi connectivity index (χ3n) is 5.93. The van der Waals surface area contributed by atoms with E-state index in [0.717, 1.165) is 37.3 Å². The molecule has 2 saturated heterocycles. The van der Waals surface area contributed by atoms with Crippen molar-refractivity contribution < 1.29 is 17.7 Å². The van der Waals surface area contributed by atoms with E-state index in [-0.39, 0.29) is 23.1 Å². The molecule has 162 valence electrons. The minimum atomic E-state index is -3.75. The molecule has 8 nitrogen and oxygen atoms in total. The van der Waals surface area contributed by atoms with Crippen LogP contribution in [0, 0.1) is 19.8 Å². The first-order chi connectivity index (χ1) is 14.4. The molecule has 3 heterocycles. The number of amides is 1. The summed E-state index contributed by atoms with van der Waals surface area (Å²) in [4.78, 5) is 15.4. The van der Waals surface area contributed by atoms with Crippen molar-refractivity contribution >= 4 is 27.3 Å². The van der Waals surface area contributed by atoms with Crippen LogP contribution in [0.1, 0.15) is 37.1 Å². The first-order valence-corrected chi connectivity index (χ1v) is 11.9. The molecular formula is C21H28N4O4S. The van der Waals surface area contributed by atoms with Gasteiger partial charge in [-0.3, -0.25) is 4.79 Å². The van der Waals surface area contributed by atoms with Crippen molar-refractivity contribution in [1.29, 1.82) is 0 Å². The van der Waals surface area contributed by atoms with E-state index in [9.17, 15) is 13.2 Å². The highest BCUT2D eigenvalue weighted by atomic mass is 32.2. The number of rotatable bonds is 5. The van der Waals surface area contributed by atoms with Crippen molar-refractivity contribution in [3.63, 3.8) is 0 Å². The number of piperidine rings is 1. The summed E-state index contributed by atoms with van der Waals surface area (Å²) in [6.07, 6.45) is 3.60. The summed E-state index contributed by atoms with van der Waals surface area (Å²) in [6, 6.07) is 7.81. The lowest BCUT2D eigenvalue weighted by Gasteiger charge is -2.31. The number of hydrogen-bond donors (Lipinski definition) is 1. The average molecular weight is 433 g/mol. The third kappa shape index (κ3) is 3.96. The molecule has 2 aliphatic heterocycles. The summed E-state index contributed by atoms with van der Waals surface area (Å²) in [5.41, 5.74) is 2.16. The van der Waals surface area contributed by atoms with Crippen LogP contribution in [0.15, 0.2) is 33.7 Å². The molecule has 2 aromatic rings. The maximum absolute atomic E-state index is 13.1. The first-order valence-electron chi connectivity index (χ1n) is 10.5. The normalized spacial score (nSPS) is 20.5. The van der Waals surface area contributed by atoms with E-state index in [2.05, 4.69) is 15.4 Å². The van der Waals surface area contributed by atoms with Gasteiger partial charge in [0.05, 0.1) is 17.3 Å². The lowest BCUT2D eigenvalue weighted by molar-refractivity contribution is -0.120. The number of nitrogens with one attached hydrogen (secondary N) is 1. The molecule has 0 unspecified atom stereocenters. The molecular weight excluding hydrogens is 404 g/mol. The van der Waals surface area contributed by atoms with Gasteiger partial charge in [-0.2, -0.15) is 4.31 Å². The zero-order valence-corrected chi connectivity index (χ0v) is 18.2. The molecule has 1 aromatic heterocycles. The summed E-state index contributed by atoms with van der Waals surface area (Å²) in [6.45, 7) is 5.73. The smallest absolute Gasteiger partial charge is 0.248 e. The molecule has 1 amide bonds. The molecule has 0 aliphatic carbocycles. The number of para-hydroxylation sites is 2. The maximum Gasteiger partial charge on any atom is 0.248 e. The molecule has 9 heteroatoms. The average Bonchev–Trinajstić information content (AvgIpc) is 3.38. The second kappa shape index (κ2) is 8.39. The Labute approximate surface area is 177 Å². The zero-order valence-electron chi connectivity index (χ0n) is 17.4. The molecule has 2 fully saturated rings. The number of hydrogen-bond acceptors (Lipinski definition) is 6. The number of benzene rings is 1. The molecule has 0 radical (unpaired) electrons. The lowest BCUT2D eigenvalue weighted by atomic mass is 9.98. The highest BCUT2D eigenvalue weighted by Crippen LogP contribution is 2.31. The molecule has 0 bridgehead atoms. The predicted molar refractivity (Wildman–Crippen MR) is 114 cm³/mol. The van der Waals surface area contributed by atoms with Crippen molar-refractivity contribution in [3.05, 3.63) is 35.7 Å². The van der Waals surface area contributed by atoms with Crippen molar-refractivity contribution in [1.82, 2.24) is 9.46 Å². The van der Waals surface area contributed by atoms with E-state index in [4.69, 9.17) is 4.52 Å². The van der Waals surface area contributed by atoms with Crippen LogP contribution in [0.5, 0.6) is 0 Å². The number of aromatic nitrogens is 1. The van der Waals surface area contributed by atoms with E-state index in [1.165, 1.54) is 4.31 Å². The number of nitrogens with zero attached hydrogens (tertiary/aromatic N) is 3. The Hall–Kier alpha value is -2.39. The van der Waals surface area contributed by atoms with Gasteiger partial charge in [0.15, 0.2) is 5.76 Å². The van der Waals surface area contributed by atoms with Gasteiger partial charge in [0, 0.05) is 26.2 Å². The van der Waals surface area contributed by atoms with Crippen molar-refractivity contribution in [2.75, 3.05) is 36.4 Å². The largest absolute Gasteiger partial charge is 0.370 e. The number of sulfonamides is 1. The predicted octanol–water partition coefficient (Wildman–Crippen LogP) is 2.93. The van der Waals surface area contributed by atoms with Crippen LogP contribution < -0.4 is 10.2 Å². The highest BCUT2D eigenvalue weighted by Gasteiger charge is 2.36. The summed E-state index contributed by atoms with van der Waals surface area (Å²) in [5, 5.41) is 6.82. The Balaban J connectivity index is 1.50. The van der Waals surface area contributed by atoms with Gasteiger partial charge in [0.1, 0.15) is 10.6 Å². The van der Waals surface area contributed by atoms with Crippen LogP contribution in [0.25, 0.3) is 0 Å². The van der Waals surface area contributed by atoms with Crippen LogP contribution in [0.4, 0.5) is 11.4 Å². The highest BCUT2D eigenvalue weighted by molar-refractivity contribution is 7.89. The van der Waals surface area contributed by atoms with Crippen molar-refractivity contribution in [3.8, 4) is 0 Å². The fourth-order valence-electron chi connectivity index (χ4n) is 4.39. The minimum absolute atomic E-state index is 0.114. The fourth-order valence-corrected chi connectivity index (χ4v) is 6.21. The Bertz CT molecular complexity index is 1010. The van der Waals surface area contributed by atoms with Crippen LogP contribution in [0.2, 0.25) is 0 Å². The quantitative estimate of drug-likeness (QED) is 0.780. The molecule has 1 atom stereocenters. The van der Waals surface area contributed by atoms with Crippen LogP contribution >= 0.6 is 0 Å². The Kier molecular flexibility index (Phi) is 5.84. The van der Waals surface area contributed by atoms with Crippen LogP contribution in [-0.2, 0) is 14.8 Å². The van der Waals surface area contributed by atoms with E-state index < -0.39 is 15.9 Å². The number of aryl methyl sites for hydroxylation is 2. The molecule has 4 rings (SSSR count). The van der Waals surface area contributed by atoms with Gasteiger partial charge < -0.3 is 14.7 Å². The number of anilines is 2. The first kappa shape index (κ1) is 20.9.